The summed E-state index contributed by atoms with van der Waals surface area (Å²) in [6.45, 7) is 19.8. The zero-order valence-electron chi connectivity index (χ0n) is 65.6. The number of nitro groups is 2. The smallest absolute Gasteiger partial charge is 0.417 e. The minimum absolute atomic E-state index is 0.0444. The van der Waals surface area contributed by atoms with E-state index in [1.807, 2.05) is 37.1 Å². The first-order valence-corrected chi connectivity index (χ1v) is 37.1. The third kappa shape index (κ3) is 23.8. The lowest BCUT2D eigenvalue weighted by atomic mass is 9.84. The van der Waals surface area contributed by atoms with Crippen LogP contribution in [0.3, 0.4) is 0 Å². The Balaban J connectivity index is 0.000000198. The monoisotopic (exact) mass is 1570 g/mol. The molecule has 37 nitrogen and oxygen atoms in total. The van der Waals surface area contributed by atoms with Crippen molar-refractivity contribution in [3.8, 4) is 23.3 Å². The van der Waals surface area contributed by atoms with Gasteiger partial charge >= 0.3 is 36.2 Å². The van der Waals surface area contributed by atoms with Gasteiger partial charge in [0.15, 0.2) is 39.3 Å². The summed E-state index contributed by atoms with van der Waals surface area (Å²) < 4.78 is 38.2. The molecular formula is C77H94N18O19. The molecule has 11 rings (SSSR count). The van der Waals surface area contributed by atoms with Crippen LogP contribution in [0.25, 0.3) is 33.5 Å². The van der Waals surface area contributed by atoms with E-state index in [1.54, 1.807) is 74.6 Å². The predicted molar refractivity (Wildman–Crippen MR) is 417 cm³/mol. The predicted octanol–water partition coefficient (Wildman–Crippen LogP) is 15.2. The highest BCUT2D eigenvalue weighted by Gasteiger charge is 2.33. The van der Waals surface area contributed by atoms with Gasteiger partial charge in [-0.25, -0.2) is 44.0 Å². The van der Waals surface area contributed by atoms with Crippen molar-refractivity contribution in [1.82, 2.24) is 58.6 Å². The zero-order valence-corrected chi connectivity index (χ0v) is 65.6. The van der Waals surface area contributed by atoms with Crippen LogP contribution in [0.1, 0.15) is 170 Å². The fourth-order valence-electron chi connectivity index (χ4n) is 11.8. The van der Waals surface area contributed by atoms with E-state index < -0.39 is 75.9 Å². The molecule has 7 aromatic heterocycles. The second kappa shape index (κ2) is 37.8. The third-order valence-corrected chi connectivity index (χ3v) is 17.0. The molecule has 0 aliphatic heterocycles. The maximum atomic E-state index is 13.6. The highest BCUT2D eigenvalue weighted by Crippen LogP contribution is 2.37. The van der Waals surface area contributed by atoms with Crippen LogP contribution in [0, 0.1) is 20.2 Å². The molecule has 0 spiro atoms. The number of anilines is 4. The molecule has 3 N–H and O–H groups in total. The number of nitrogens with zero attached hydrogens (tertiary/aromatic N) is 18. The quantitative estimate of drug-likeness (QED) is 0.0170. The highest BCUT2D eigenvalue weighted by molar-refractivity contribution is 5.92. The number of carboxylic acid groups (broad SMARTS) is 3. The average Bonchev–Trinajstić information content (AvgIpc) is 1.58. The van der Waals surface area contributed by atoms with Crippen LogP contribution in [0.2, 0.25) is 0 Å². The van der Waals surface area contributed by atoms with Crippen LogP contribution >= 0.6 is 0 Å². The van der Waals surface area contributed by atoms with Crippen LogP contribution in [-0.4, -0.2) is 157 Å². The van der Waals surface area contributed by atoms with E-state index in [-0.39, 0.29) is 94.4 Å². The average molecular weight is 1580 g/mol. The summed E-state index contributed by atoms with van der Waals surface area (Å²) in [4.78, 5) is 141. The third-order valence-electron chi connectivity index (χ3n) is 17.0. The van der Waals surface area contributed by atoms with E-state index in [2.05, 4.69) is 63.9 Å². The minimum Gasteiger partial charge on any atom is -0.480 e. The van der Waals surface area contributed by atoms with Gasteiger partial charge in [0, 0.05) is 38.3 Å². The Kier molecular flexibility index (Phi) is 28.2. The molecule has 3 aromatic carbocycles. The molecule has 0 atom stereocenters. The van der Waals surface area contributed by atoms with Gasteiger partial charge in [0.2, 0.25) is 17.8 Å². The van der Waals surface area contributed by atoms with Gasteiger partial charge in [-0.1, -0.05) is 89.1 Å². The van der Waals surface area contributed by atoms with Gasteiger partial charge in [0.05, 0.1) is 54.2 Å². The lowest BCUT2D eigenvalue weighted by Gasteiger charge is -2.27. The molecule has 3 amide bonds. The van der Waals surface area contributed by atoms with Crippen LogP contribution in [-0.2, 0) is 61.3 Å². The van der Waals surface area contributed by atoms with E-state index >= 15 is 0 Å². The van der Waals surface area contributed by atoms with Gasteiger partial charge in [-0.15, -0.1) is 0 Å². The molecular weight excluding hydrogens is 1480 g/mol. The molecule has 0 radical (unpaired) electrons. The number of carbonyl (C=O) groups is 6. The molecule has 1 saturated carbocycles. The van der Waals surface area contributed by atoms with E-state index in [0.717, 1.165) is 50.5 Å². The Hall–Kier alpha value is -13.0. The first-order chi connectivity index (χ1) is 54.0. The van der Waals surface area contributed by atoms with E-state index in [1.165, 1.54) is 121 Å². The number of carboxylic acids is 3. The van der Waals surface area contributed by atoms with Crippen molar-refractivity contribution < 1.29 is 82.0 Å². The number of amides is 3. The van der Waals surface area contributed by atoms with Gasteiger partial charge in [-0.3, -0.25) is 34.6 Å². The Labute approximate surface area is 655 Å². The van der Waals surface area contributed by atoms with E-state index in [9.17, 15) is 64.3 Å². The van der Waals surface area contributed by atoms with Crippen molar-refractivity contribution in [2.75, 3.05) is 39.7 Å². The number of benzene rings is 3. The van der Waals surface area contributed by atoms with Crippen LogP contribution in [0.4, 0.5) is 49.4 Å². The Bertz CT molecular complexity index is 5020. The second-order valence-corrected chi connectivity index (χ2v) is 29.8. The van der Waals surface area contributed by atoms with Gasteiger partial charge in [-0.05, 0) is 135 Å². The molecule has 1 aliphatic rings. The van der Waals surface area contributed by atoms with Crippen LogP contribution in [0.15, 0.2) is 115 Å². The van der Waals surface area contributed by atoms with Gasteiger partial charge in [0.25, 0.3) is 23.1 Å². The Morgan fingerprint density at radius 1 is 0.518 bits per heavy atom. The fourth-order valence-corrected chi connectivity index (χ4v) is 11.8. The number of rotatable bonds is 29. The number of imidazole rings is 3. The van der Waals surface area contributed by atoms with Crippen molar-refractivity contribution in [2.24, 2.45) is 0 Å². The maximum Gasteiger partial charge on any atom is 0.417 e. The molecule has 0 saturated heterocycles. The SMILES string of the molecule is CC(C)(C)OC(=O)N(Cc1ccc(C2CCCCC2)cc1)c1nc(Oc2cccc([N+](=O)[O-])c2)c2ncn(CC(=O)O)c2n1.CCCCCN(C(=O)OC(C)(C)C)c1nc(N(C)Cc2ccco2)c2ncn(CC(=O)O)c2n1.CCCCCN(C(=O)OC(C)(C)C)c1nc(Oc2ccc([N+](=O)[O-])cc2)c2ncn(CC(=O)O)c2n1. The van der Waals surface area contributed by atoms with E-state index in [4.69, 9.17) is 28.1 Å². The topological polar surface area (TPSA) is 452 Å². The summed E-state index contributed by atoms with van der Waals surface area (Å²) >= 11 is 0. The molecule has 1 aliphatic carbocycles. The molecule has 606 valence electrons. The molecule has 0 unspecified atom stereocenters. The minimum atomic E-state index is -1.13. The number of carbonyl (C=O) groups excluding carboxylic acids is 3. The number of furan rings is 1. The zero-order chi connectivity index (χ0) is 82.8. The summed E-state index contributed by atoms with van der Waals surface area (Å²) in [5.74, 6) is -1.45. The number of aromatic nitrogens is 12. The normalized spacial score (nSPS) is 12.4. The van der Waals surface area contributed by atoms with Gasteiger partial charge < -0.3 is 62.0 Å². The van der Waals surface area contributed by atoms with Gasteiger partial charge in [0.1, 0.15) is 53.7 Å². The van der Waals surface area contributed by atoms with E-state index in [0.29, 0.717) is 48.2 Å². The summed E-state index contributed by atoms with van der Waals surface area (Å²) in [6.07, 6.45) is 14.7. The van der Waals surface area contributed by atoms with Gasteiger partial charge in [-0.2, -0.15) is 29.9 Å². The summed E-state index contributed by atoms with van der Waals surface area (Å²) in [5.41, 5.74) is 0.708. The standard InChI is InChI=1S/C31H34N6O7.C23H28N6O7.C23H32N6O5/c1-31(2,3)44-30(40)36(17-20-12-14-22(15-13-20)21-8-5-4-6-9-21)29-33-27-26(32-19-35(27)18-25(38)39)28(34-29)43-24-11-7-10-23(16-24)37(41)42;1-5-6-7-12-28(22(32)36-23(2,3)4)21-25-19-18(24-14-27(19)13-17(30)31)20(26-21)35-16-10-8-15(9-11-16)29(33)34;1-6-7-8-11-29(22(32)34-23(2,3)4)21-25-19(27(5)13-16-10-9-12-33-16)18-20(26-21)28(15-24-18)14-17(30)31/h7,10-16,19,21H,4-6,8-9,17-18H2,1-3H3,(H,38,39);8-11,14H,5-7,12-13H2,1-4H3,(H,30,31);9-10,12,15H,6-8,11,13-14H2,1-5H3,(H,30,31). The summed E-state index contributed by atoms with van der Waals surface area (Å²) in [5, 5.41) is 50.4. The van der Waals surface area contributed by atoms with Crippen molar-refractivity contribution in [3.63, 3.8) is 0 Å². The number of aliphatic carboxylic acids is 3. The number of hydrogen-bond acceptors (Lipinski definition) is 26. The molecule has 10 aromatic rings. The van der Waals surface area contributed by atoms with Crippen LogP contribution < -0.4 is 29.1 Å². The van der Waals surface area contributed by atoms with Crippen molar-refractivity contribution >= 4 is 105 Å². The van der Waals surface area contributed by atoms with Crippen molar-refractivity contribution in [1.29, 1.82) is 0 Å². The number of non-ortho nitro benzene ring substituents is 2. The fraction of sp³-hybridized carbons (Fsp3) is 0.442. The Morgan fingerprint density at radius 2 is 0.965 bits per heavy atom. The first kappa shape index (κ1) is 85.0. The van der Waals surface area contributed by atoms with Crippen molar-refractivity contribution in [3.05, 3.63) is 147 Å². The largest absolute Gasteiger partial charge is 0.480 e. The highest BCUT2D eigenvalue weighted by atomic mass is 16.6. The maximum absolute atomic E-state index is 13.6. The molecule has 114 heavy (non-hydrogen) atoms. The lowest BCUT2D eigenvalue weighted by Crippen LogP contribution is -2.39. The molecule has 1 fully saturated rings. The number of unbranched alkanes of at least 4 members (excludes halogenated alkanes) is 4. The molecule has 37 heteroatoms. The number of ether oxygens (including phenoxy) is 5. The number of fused-ring (bicyclic) bond motifs is 3. The molecule has 7 heterocycles. The molecule has 0 bridgehead atoms. The van der Waals surface area contributed by atoms with Crippen LogP contribution in [0.5, 0.6) is 23.3 Å². The number of nitro benzene ring substituents is 2. The summed E-state index contributed by atoms with van der Waals surface area (Å²) in [7, 11) is 1.82. The summed E-state index contributed by atoms with van der Waals surface area (Å²) in [6, 6.07) is 22.6. The first-order valence-electron chi connectivity index (χ1n) is 37.1. The number of hydrogen-bond donors (Lipinski definition) is 3. The Morgan fingerprint density at radius 3 is 1.41 bits per heavy atom. The van der Waals surface area contributed by atoms with Crippen molar-refractivity contribution in [2.45, 2.75) is 202 Å². The lowest BCUT2D eigenvalue weighted by molar-refractivity contribution is -0.385. The second-order valence-electron chi connectivity index (χ2n) is 29.8.